The summed E-state index contributed by atoms with van der Waals surface area (Å²) in [5.41, 5.74) is 1.06. The number of likely N-dealkylation sites (tertiary alicyclic amines) is 1. The van der Waals surface area contributed by atoms with Gasteiger partial charge in [0.15, 0.2) is 0 Å². The molecule has 2 aliphatic rings. The van der Waals surface area contributed by atoms with Gasteiger partial charge in [-0.15, -0.1) is 10.2 Å². The van der Waals surface area contributed by atoms with Crippen LogP contribution in [-0.4, -0.2) is 73.9 Å². The number of H-pyrrole nitrogens is 1. The molecule has 1 aromatic heterocycles. The molecule has 2 aliphatic heterocycles. The van der Waals surface area contributed by atoms with Crippen molar-refractivity contribution in [1.29, 1.82) is 5.26 Å². The van der Waals surface area contributed by atoms with Crippen LogP contribution in [0.4, 0.5) is 10.5 Å². The van der Waals surface area contributed by atoms with Crippen molar-refractivity contribution in [1.82, 2.24) is 30.4 Å². The summed E-state index contributed by atoms with van der Waals surface area (Å²) in [5.74, 6) is -1.000. The molecule has 4 amide bonds. The van der Waals surface area contributed by atoms with E-state index in [0.717, 1.165) is 4.90 Å². The highest BCUT2D eigenvalue weighted by atomic mass is 35.5. The average Bonchev–Trinajstić information content (AvgIpc) is 3.69. The highest BCUT2D eigenvalue weighted by Gasteiger charge is 2.65. The number of aromatic nitrogens is 4. The summed E-state index contributed by atoms with van der Waals surface area (Å²) in [5, 5.41) is 23.7. The first-order valence-electron chi connectivity index (χ1n) is 12.4. The van der Waals surface area contributed by atoms with Gasteiger partial charge in [-0.25, -0.2) is 9.69 Å². The smallest absolute Gasteiger partial charge is 0.332 e. The molecule has 0 bridgehead atoms. The molecule has 4 aromatic rings. The summed E-state index contributed by atoms with van der Waals surface area (Å²) >= 11 is 12.4. The van der Waals surface area contributed by atoms with Crippen molar-refractivity contribution in [2.45, 2.75) is 11.5 Å². The number of nitrogens with one attached hydrogen (secondary N) is 1. The van der Waals surface area contributed by atoms with E-state index in [0.29, 0.717) is 28.1 Å². The van der Waals surface area contributed by atoms with Crippen LogP contribution in [0.3, 0.4) is 0 Å². The van der Waals surface area contributed by atoms with Crippen LogP contribution in [-0.2, 0) is 4.79 Å². The number of nitrogens with zero attached hydrogens (tertiary/aromatic N) is 7. The Morgan fingerprint density at radius 1 is 1.05 bits per heavy atom. The fraction of sp³-hybridized carbons (Fsp3) is 0.179. The second kappa shape index (κ2) is 9.99. The number of carbonyl (C=O) groups excluding carboxylic acids is 3. The lowest BCUT2D eigenvalue weighted by Gasteiger charge is -2.33. The van der Waals surface area contributed by atoms with E-state index >= 15 is 0 Å². The molecule has 0 radical (unpaired) electrons. The summed E-state index contributed by atoms with van der Waals surface area (Å²) in [7, 11) is 1.55. The standard InChI is InChI=1S/C28H20Cl2N8O3/c1-36-27(41)38(22-11-20(29)10-21(30)12-22)26(40)28(36)15-37(14-23(28)17-4-2-16(13-31)3-5-17)25(39)19-8-6-18(7-9-19)24-32-34-35-33-24/h2-12,23H,14-15H2,1H3,(H,32,33,34,35)/t23-,28+/m0/s1. The molecule has 2 atom stereocenters. The van der Waals surface area contributed by atoms with Gasteiger partial charge in [0.1, 0.15) is 5.54 Å². The number of amides is 4. The summed E-state index contributed by atoms with van der Waals surface area (Å²) in [4.78, 5) is 45.8. The highest BCUT2D eigenvalue weighted by Crippen LogP contribution is 2.47. The van der Waals surface area contributed by atoms with E-state index in [2.05, 4.69) is 26.7 Å². The topological polar surface area (TPSA) is 139 Å². The maximum atomic E-state index is 14.3. The number of aromatic amines is 1. The molecular formula is C28H20Cl2N8O3. The molecule has 2 fully saturated rings. The first-order valence-corrected chi connectivity index (χ1v) is 13.2. The maximum absolute atomic E-state index is 14.3. The van der Waals surface area contributed by atoms with Crippen LogP contribution in [0.2, 0.25) is 10.0 Å². The molecule has 11 nitrogen and oxygen atoms in total. The molecule has 3 heterocycles. The number of anilines is 1. The van der Waals surface area contributed by atoms with Crippen molar-refractivity contribution in [3.05, 3.63) is 93.5 Å². The fourth-order valence-corrected chi connectivity index (χ4v) is 6.10. The van der Waals surface area contributed by atoms with Crippen LogP contribution in [0.15, 0.2) is 66.7 Å². The number of tetrazole rings is 1. The van der Waals surface area contributed by atoms with Crippen LogP contribution in [0, 0.1) is 11.3 Å². The second-order valence-corrected chi connectivity index (χ2v) is 10.7. The van der Waals surface area contributed by atoms with E-state index < -0.39 is 23.4 Å². The van der Waals surface area contributed by atoms with Gasteiger partial charge in [-0.1, -0.05) is 47.5 Å². The molecule has 3 aromatic carbocycles. The van der Waals surface area contributed by atoms with Crippen molar-refractivity contribution >= 4 is 46.7 Å². The van der Waals surface area contributed by atoms with Gasteiger partial charge in [0, 0.05) is 40.7 Å². The van der Waals surface area contributed by atoms with Gasteiger partial charge >= 0.3 is 6.03 Å². The molecule has 41 heavy (non-hydrogen) atoms. The van der Waals surface area contributed by atoms with Crippen molar-refractivity contribution < 1.29 is 14.4 Å². The third-order valence-corrected chi connectivity index (χ3v) is 8.07. The summed E-state index contributed by atoms with van der Waals surface area (Å²) in [6, 6.07) is 19.6. The number of carbonyl (C=O) groups is 3. The van der Waals surface area contributed by atoms with Gasteiger partial charge in [-0.05, 0) is 53.2 Å². The van der Waals surface area contributed by atoms with E-state index in [4.69, 9.17) is 23.2 Å². The van der Waals surface area contributed by atoms with Gasteiger partial charge in [0.05, 0.1) is 23.9 Å². The quantitative estimate of drug-likeness (QED) is 0.355. The Kier molecular flexibility index (Phi) is 6.44. The highest BCUT2D eigenvalue weighted by molar-refractivity contribution is 6.36. The van der Waals surface area contributed by atoms with Crippen LogP contribution < -0.4 is 4.90 Å². The largest absolute Gasteiger partial charge is 0.335 e. The lowest BCUT2D eigenvalue weighted by Crippen LogP contribution is -2.54. The van der Waals surface area contributed by atoms with E-state index in [-0.39, 0.29) is 34.7 Å². The molecule has 0 unspecified atom stereocenters. The fourth-order valence-electron chi connectivity index (χ4n) is 5.59. The Bertz CT molecular complexity index is 1700. The summed E-state index contributed by atoms with van der Waals surface area (Å²) < 4.78 is 0. The minimum atomic E-state index is -1.42. The van der Waals surface area contributed by atoms with Crippen molar-refractivity contribution in [2.24, 2.45) is 0 Å². The Morgan fingerprint density at radius 3 is 2.34 bits per heavy atom. The first-order chi connectivity index (χ1) is 19.7. The Hall–Kier alpha value is -4.79. The lowest BCUT2D eigenvalue weighted by molar-refractivity contribution is -0.124. The van der Waals surface area contributed by atoms with Crippen LogP contribution in [0.25, 0.3) is 11.4 Å². The van der Waals surface area contributed by atoms with E-state index in [1.54, 1.807) is 60.5 Å². The zero-order valence-electron chi connectivity index (χ0n) is 21.5. The molecule has 1 spiro atoms. The molecule has 204 valence electrons. The number of benzene rings is 3. The lowest BCUT2D eigenvalue weighted by atomic mass is 9.80. The van der Waals surface area contributed by atoms with E-state index in [9.17, 15) is 19.6 Å². The van der Waals surface area contributed by atoms with Crippen molar-refractivity contribution in [3.63, 3.8) is 0 Å². The SMILES string of the molecule is CN1C(=O)N(c2cc(Cl)cc(Cl)c2)C(=O)[C@]12CN(C(=O)c1ccc(-c3nn[nH]n3)cc1)C[C@H]2c1ccc(C#N)cc1. The molecular weight excluding hydrogens is 567 g/mol. The van der Waals surface area contributed by atoms with Gasteiger partial charge in [0.2, 0.25) is 5.82 Å². The van der Waals surface area contributed by atoms with Crippen molar-refractivity contribution in [3.8, 4) is 17.5 Å². The normalized spacial score (nSPS) is 20.2. The van der Waals surface area contributed by atoms with Gasteiger partial charge in [-0.2, -0.15) is 10.5 Å². The average molecular weight is 587 g/mol. The Balaban J connectivity index is 1.40. The number of hydrogen-bond donors (Lipinski definition) is 1. The van der Waals surface area contributed by atoms with Crippen molar-refractivity contribution in [2.75, 3.05) is 25.0 Å². The molecule has 0 aliphatic carbocycles. The zero-order chi connectivity index (χ0) is 28.9. The number of rotatable bonds is 4. The molecule has 1 N–H and O–H groups in total. The van der Waals surface area contributed by atoms with Gasteiger partial charge in [-0.3, -0.25) is 9.59 Å². The predicted molar refractivity (Wildman–Crippen MR) is 149 cm³/mol. The second-order valence-electron chi connectivity index (χ2n) is 9.82. The van der Waals surface area contributed by atoms with Gasteiger partial charge in [0.25, 0.3) is 11.8 Å². The monoisotopic (exact) mass is 586 g/mol. The van der Waals surface area contributed by atoms with Crippen LogP contribution >= 0.6 is 23.2 Å². The van der Waals surface area contributed by atoms with E-state index in [1.165, 1.54) is 23.1 Å². The third kappa shape index (κ3) is 4.28. The number of halogens is 2. The molecule has 0 saturated carbocycles. The maximum Gasteiger partial charge on any atom is 0.332 e. The molecule has 13 heteroatoms. The number of imide groups is 1. The Morgan fingerprint density at radius 2 is 1.73 bits per heavy atom. The summed E-state index contributed by atoms with van der Waals surface area (Å²) in [6.45, 7) is 0.111. The molecule has 2 saturated heterocycles. The predicted octanol–water partition coefficient (Wildman–Crippen LogP) is 4.12. The van der Waals surface area contributed by atoms with Crippen LogP contribution in [0.5, 0.6) is 0 Å². The Labute approximate surface area is 243 Å². The number of urea groups is 1. The van der Waals surface area contributed by atoms with E-state index in [1.807, 2.05) is 0 Å². The zero-order valence-corrected chi connectivity index (χ0v) is 23.0. The van der Waals surface area contributed by atoms with Gasteiger partial charge < -0.3 is 9.80 Å². The number of hydrogen-bond acceptors (Lipinski definition) is 7. The minimum Gasteiger partial charge on any atom is -0.335 e. The minimum absolute atomic E-state index is 0.0467. The molecule has 6 rings (SSSR count). The number of nitriles is 1. The third-order valence-electron chi connectivity index (χ3n) is 7.63. The first kappa shape index (κ1) is 26.4. The summed E-state index contributed by atoms with van der Waals surface area (Å²) in [6.07, 6.45) is 0. The van der Waals surface area contributed by atoms with Crippen LogP contribution in [0.1, 0.15) is 27.4 Å². The number of likely N-dealkylation sites (N-methyl/N-ethyl adjacent to an activating group) is 1.